The van der Waals surface area contributed by atoms with Gasteiger partial charge in [0.1, 0.15) is 0 Å². The van der Waals surface area contributed by atoms with Crippen LogP contribution >= 0.6 is 0 Å². The minimum atomic E-state index is -1.10. The van der Waals surface area contributed by atoms with Crippen LogP contribution in [0.4, 0.5) is 5.69 Å². The number of rotatable bonds is 4. The van der Waals surface area contributed by atoms with E-state index in [1.165, 1.54) is 13.1 Å². The highest BCUT2D eigenvalue weighted by Gasteiger charge is 2.31. The van der Waals surface area contributed by atoms with Crippen molar-refractivity contribution in [2.75, 3.05) is 13.6 Å². The van der Waals surface area contributed by atoms with Gasteiger partial charge in [0.05, 0.1) is 7.05 Å². The first-order valence-corrected chi connectivity index (χ1v) is 4.72. The summed E-state index contributed by atoms with van der Waals surface area (Å²) in [5, 5.41) is 18.4. The molecule has 1 atom stereocenters. The van der Waals surface area contributed by atoms with Gasteiger partial charge >= 0.3 is 12.4 Å². The molecule has 16 heavy (non-hydrogen) atoms. The van der Waals surface area contributed by atoms with Crippen molar-refractivity contribution in [1.29, 1.82) is 0 Å². The number of carbonyl (C=O) groups is 2. The fourth-order valence-electron chi connectivity index (χ4n) is 1.50. The van der Waals surface area contributed by atoms with Gasteiger partial charge in [-0.15, -0.1) is 0 Å². The molecule has 0 bridgehead atoms. The zero-order valence-corrected chi connectivity index (χ0v) is 9.17. The number of phenolic OH excluding ortho intramolecular Hbond substituents is 1. The highest BCUT2D eigenvalue weighted by Crippen LogP contribution is 2.31. The van der Waals surface area contributed by atoms with Crippen molar-refractivity contribution in [3.63, 3.8) is 0 Å². The number of amides is 1. The molecule has 5 heteroatoms. The van der Waals surface area contributed by atoms with Gasteiger partial charge in [-0.05, 0) is 18.6 Å². The monoisotopic (exact) mass is 224 g/mol. The van der Waals surface area contributed by atoms with Crippen LogP contribution in [0.3, 0.4) is 0 Å². The number of aromatic hydroxyl groups is 1. The van der Waals surface area contributed by atoms with E-state index in [1.54, 1.807) is 19.1 Å². The lowest BCUT2D eigenvalue weighted by atomic mass is 10.1. The number of likely N-dealkylation sites (N-methyl/N-ethyl adjacent to an activating group) is 1. The Balaban J connectivity index is 3.26. The Labute approximate surface area is 93.1 Å². The molecule has 0 heterocycles. The van der Waals surface area contributed by atoms with Crippen molar-refractivity contribution in [1.82, 2.24) is 4.48 Å². The number of benzene rings is 1. The number of nitrogens with zero attached hydrogens (tertiary/aromatic N) is 1. The molecule has 1 rings (SSSR count). The van der Waals surface area contributed by atoms with E-state index in [0.29, 0.717) is 6.41 Å². The Morgan fingerprint density at radius 3 is 2.62 bits per heavy atom. The van der Waals surface area contributed by atoms with Crippen molar-refractivity contribution in [3.05, 3.63) is 23.8 Å². The molecule has 0 aliphatic carbocycles. The fourth-order valence-corrected chi connectivity index (χ4v) is 1.50. The lowest BCUT2D eigenvalue weighted by molar-refractivity contribution is -0.139. The van der Waals surface area contributed by atoms with E-state index in [1.807, 2.05) is 0 Å². The van der Waals surface area contributed by atoms with E-state index in [-0.39, 0.29) is 11.4 Å². The normalized spacial score (nSPS) is 14.1. The van der Waals surface area contributed by atoms with Gasteiger partial charge in [-0.25, -0.2) is 14.1 Å². The molecule has 1 amide bonds. The Morgan fingerprint density at radius 2 is 2.12 bits per heavy atom. The van der Waals surface area contributed by atoms with E-state index >= 15 is 0 Å². The van der Waals surface area contributed by atoms with Gasteiger partial charge in [-0.2, -0.15) is 0 Å². The van der Waals surface area contributed by atoms with Crippen LogP contribution in [0.2, 0.25) is 0 Å². The number of phenols is 1. The van der Waals surface area contributed by atoms with Crippen molar-refractivity contribution in [3.8, 4) is 5.75 Å². The molecule has 0 radical (unpaired) electrons. The summed E-state index contributed by atoms with van der Waals surface area (Å²) in [6, 6.07) is 4.74. The average molecular weight is 224 g/mol. The second-order valence-corrected chi connectivity index (χ2v) is 3.92. The van der Waals surface area contributed by atoms with Crippen LogP contribution in [0.5, 0.6) is 5.75 Å². The highest BCUT2D eigenvalue weighted by molar-refractivity contribution is 5.82. The molecule has 0 aliphatic rings. The van der Waals surface area contributed by atoms with Gasteiger partial charge in [0.2, 0.25) is 0 Å². The van der Waals surface area contributed by atoms with Crippen LogP contribution in [-0.4, -0.2) is 36.2 Å². The summed E-state index contributed by atoms with van der Waals surface area (Å²) in [4.78, 5) is 21.7. The minimum Gasteiger partial charge on any atom is -0.503 e. The molecule has 86 valence electrons. The standard InChI is InChI=1S/C11H13NO4/c1-8-3-4-10(14)9(5-8)12(2,7-13)6-11(15)16/h3-5,7H,6H2,1-2H3,(H-,14,15,16)/p+1. The summed E-state index contributed by atoms with van der Waals surface area (Å²) in [6.07, 6.45) is 0.503. The first-order valence-electron chi connectivity index (χ1n) is 4.72. The van der Waals surface area contributed by atoms with Crippen LogP contribution in [0, 0.1) is 6.92 Å². The summed E-state index contributed by atoms with van der Waals surface area (Å²) in [5.41, 5.74) is 1.14. The highest BCUT2D eigenvalue weighted by atomic mass is 16.4. The lowest BCUT2D eigenvalue weighted by Crippen LogP contribution is -2.47. The SMILES string of the molecule is Cc1ccc(O)c([N+](C)(C=O)CC(=O)O)c1. The zero-order valence-electron chi connectivity index (χ0n) is 9.17. The number of carboxylic acid groups (broad SMARTS) is 1. The molecular weight excluding hydrogens is 210 g/mol. The predicted octanol–water partition coefficient (Wildman–Crippen LogP) is 0.879. The molecule has 0 aromatic heterocycles. The lowest BCUT2D eigenvalue weighted by Gasteiger charge is -2.25. The number of quaternary nitrogens is 1. The summed E-state index contributed by atoms with van der Waals surface area (Å²) in [6.45, 7) is 1.40. The largest absolute Gasteiger partial charge is 0.503 e. The Hall–Kier alpha value is -1.88. The minimum absolute atomic E-state index is 0.0820. The molecule has 0 saturated carbocycles. The van der Waals surface area contributed by atoms with Gasteiger partial charge in [0.25, 0.3) is 0 Å². The topological polar surface area (TPSA) is 74.6 Å². The van der Waals surface area contributed by atoms with E-state index in [2.05, 4.69) is 0 Å². The van der Waals surface area contributed by atoms with Gasteiger partial charge in [-0.1, -0.05) is 6.07 Å². The molecule has 5 nitrogen and oxygen atoms in total. The molecule has 1 unspecified atom stereocenters. The average Bonchev–Trinajstić information content (AvgIpc) is 2.20. The number of carbonyl (C=O) groups excluding carboxylic acids is 1. The van der Waals surface area contributed by atoms with Crippen LogP contribution < -0.4 is 4.48 Å². The first-order chi connectivity index (χ1) is 7.39. The third-order valence-corrected chi connectivity index (χ3v) is 2.38. The maximum absolute atomic E-state index is 11.0. The number of aryl methyl sites for hydroxylation is 1. The van der Waals surface area contributed by atoms with Crippen LogP contribution in [0.25, 0.3) is 0 Å². The number of carboxylic acids is 1. The quantitative estimate of drug-likeness (QED) is 0.588. The third-order valence-electron chi connectivity index (χ3n) is 2.38. The van der Waals surface area contributed by atoms with Crippen molar-refractivity contribution >= 4 is 18.1 Å². The molecular formula is C11H14NO4+. The zero-order chi connectivity index (χ0) is 12.3. The molecule has 0 aliphatic heterocycles. The maximum Gasteiger partial charge on any atom is 0.360 e. The summed E-state index contributed by atoms with van der Waals surface area (Å²) in [5.74, 6) is -1.18. The second-order valence-electron chi connectivity index (χ2n) is 3.92. The summed E-state index contributed by atoms with van der Waals surface area (Å²) in [7, 11) is 1.44. The van der Waals surface area contributed by atoms with Crippen molar-refractivity contribution in [2.24, 2.45) is 0 Å². The number of hydrogen-bond donors (Lipinski definition) is 2. The van der Waals surface area contributed by atoms with Gasteiger partial charge in [-0.3, -0.25) is 0 Å². The van der Waals surface area contributed by atoms with Crippen molar-refractivity contribution in [2.45, 2.75) is 6.92 Å². The van der Waals surface area contributed by atoms with Crippen LogP contribution in [-0.2, 0) is 9.59 Å². The second kappa shape index (κ2) is 4.32. The number of hydrogen-bond acceptors (Lipinski definition) is 3. The third kappa shape index (κ3) is 2.38. The van der Waals surface area contributed by atoms with Gasteiger partial charge in [0.15, 0.2) is 18.0 Å². The molecule has 2 N–H and O–H groups in total. The van der Waals surface area contributed by atoms with Crippen LogP contribution in [0.15, 0.2) is 18.2 Å². The molecule has 0 fully saturated rings. The van der Waals surface area contributed by atoms with Gasteiger partial charge in [0, 0.05) is 6.07 Å². The van der Waals surface area contributed by atoms with E-state index in [4.69, 9.17) is 5.11 Å². The Kier molecular flexibility index (Phi) is 3.29. The van der Waals surface area contributed by atoms with Crippen LogP contribution in [0.1, 0.15) is 5.56 Å². The first kappa shape index (κ1) is 12.2. The number of aliphatic carboxylic acids is 1. The molecule has 0 saturated heterocycles. The van der Waals surface area contributed by atoms with E-state index < -0.39 is 17.0 Å². The van der Waals surface area contributed by atoms with E-state index in [0.717, 1.165) is 5.56 Å². The maximum atomic E-state index is 11.0. The molecule has 1 aromatic rings. The molecule has 1 aromatic carbocycles. The van der Waals surface area contributed by atoms with Crippen molar-refractivity contribution < 1.29 is 19.8 Å². The van der Waals surface area contributed by atoms with E-state index in [9.17, 15) is 14.7 Å². The Morgan fingerprint density at radius 1 is 1.50 bits per heavy atom. The predicted molar refractivity (Wildman–Crippen MR) is 59.1 cm³/mol. The molecule has 0 spiro atoms. The smallest absolute Gasteiger partial charge is 0.360 e. The summed E-state index contributed by atoms with van der Waals surface area (Å²) >= 11 is 0. The fraction of sp³-hybridized carbons (Fsp3) is 0.273. The van der Waals surface area contributed by atoms with Gasteiger partial charge < -0.3 is 10.2 Å². The summed E-state index contributed by atoms with van der Waals surface area (Å²) < 4.78 is -0.483. The Bertz CT molecular complexity index is 430.